The van der Waals surface area contributed by atoms with E-state index in [1.54, 1.807) is 0 Å². The van der Waals surface area contributed by atoms with E-state index >= 15 is 0 Å². The Kier molecular flexibility index (Phi) is 5.86. The SMILES string of the molecule is CC(C)CNC(=O)C1(CN2CC(N(C)C)C2)CCN(C)CC1. The number of nitrogens with one attached hydrogen (secondary N) is 1. The van der Waals surface area contributed by atoms with Gasteiger partial charge in [0.1, 0.15) is 0 Å². The zero-order chi connectivity index (χ0) is 16.3. The number of likely N-dealkylation sites (tertiary alicyclic amines) is 2. The van der Waals surface area contributed by atoms with Gasteiger partial charge in [-0.05, 0) is 53.0 Å². The fraction of sp³-hybridized carbons (Fsp3) is 0.941. The Labute approximate surface area is 136 Å². The molecule has 1 amide bonds. The summed E-state index contributed by atoms with van der Waals surface area (Å²) in [5, 5.41) is 3.20. The van der Waals surface area contributed by atoms with Gasteiger partial charge in [0.15, 0.2) is 0 Å². The maximum Gasteiger partial charge on any atom is 0.227 e. The van der Waals surface area contributed by atoms with Crippen LogP contribution in [0.3, 0.4) is 0 Å². The maximum absolute atomic E-state index is 12.9. The van der Waals surface area contributed by atoms with Crippen molar-refractivity contribution in [3.8, 4) is 0 Å². The van der Waals surface area contributed by atoms with Crippen LogP contribution in [0.1, 0.15) is 26.7 Å². The smallest absolute Gasteiger partial charge is 0.227 e. The van der Waals surface area contributed by atoms with Gasteiger partial charge in [-0.25, -0.2) is 0 Å². The monoisotopic (exact) mass is 310 g/mol. The summed E-state index contributed by atoms with van der Waals surface area (Å²) >= 11 is 0. The zero-order valence-corrected chi connectivity index (χ0v) is 15.1. The van der Waals surface area contributed by atoms with Gasteiger partial charge in [-0.3, -0.25) is 9.69 Å². The number of rotatable bonds is 6. The minimum Gasteiger partial charge on any atom is -0.355 e. The fourth-order valence-corrected chi connectivity index (χ4v) is 3.41. The van der Waals surface area contributed by atoms with E-state index < -0.39 is 0 Å². The van der Waals surface area contributed by atoms with E-state index in [1.165, 1.54) is 0 Å². The predicted octanol–water partition coefficient (Wildman–Crippen LogP) is 0.716. The van der Waals surface area contributed by atoms with Crippen LogP contribution in [0.15, 0.2) is 0 Å². The third-order valence-electron chi connectivity index (χ3n) is 5.29. The average Bonchev–Trinajstić information content (AvgIpc) is 2.41. The molecule has 2 saturated heterocycles. The van der Waals surface area contributed by atoms with Gasteiger partial charge in [0.05, 0.1) is 5.41 Å². The van der Waals surface area contributed by atoms with Gasteiger partial charge >= 0.3 is 0 Å². The molecule has 0 bridgehead atoms. The first kappa shape index (κ1) is 17.7. The lowest BCUT2D eigenvalue weighted by atomic mass is 9.76. The molecule has 5 heteroatoms. The summed E-state index contributed by atoms with van der Waals surface area (Å²) in [7, 11) is 6.44. The molecule has 0 aromatic carbocycles. The Balaban J connectivity index is 1.95. The number of carbonyl (C=O) groups is 1. The van der Waals surface area contributed by atoms with Gasteiger partial charge in [-0.2, -0.15) is 0 Å². The Hall–Kier alpha value is -0.650. The van der Waals surface area contributed by atoms with Crippen molar-refractivity contribution in [1.82, 2.24) is 20.0 Å². The number of hydrogen-bond donors (Lipinski definition) is 1. The number of nitrogens with zero attached hydrogens (tertiary/aromatic N) is 3. The fourth-order valence-electron chi connectivity index (χ4n) is 3.41. The quantitative estimate of drug-likeness (QED) is 0.784. The highest BCUT2D eigenvalue weighted by Gasteiger charge is 2.44. The lowest BCUT2D eigenvalue weighted by molar-refractivity contribution is -0.137. The summed E-state index contributed by atoms with van der Waals surface area (Å²) in [6.45, 7) is 10.3. The van der Waals surface area contributed by atoms with Gasteiger partial charge in [0.2, 0.25) is 5.91 Å². The van der Waals surface area contributed by atoms with Crippen LogP contribution in [-0.2, 0) is 4.79 Å². The molecule has 22 heavy (non-hydrogen) atoms. The van der Waals surface area contributed by atoms with Crippen molar-refractivity contribution in [2.24, 2.45) is 11.3 Å². The van der Waals surface area contributed by atoms with Gasteiger partial charge in [0, 0.05) is 32.2 Å². The summed E-state index contributed by atoms with van der Waals surface area (Å²) in [6, 6.07) is 0.655. The minimum absolute atomic E-state index is 0.182. The normalized spacial score (nSPS) is 23.8. The third kappa shape index (κ3) is 4.21. The largest absolute Gasteiger partial charge is 0.355 e. The van der Waals surface area contributed by atoms with E-state index in [0.717, 1.165) is 52.1 Å². The summed E-state index contributed by atoms with van der Waals surface area (Å²) < 4.78 is 0. The van der Waals surface area contributed by atoms with Gasteiger partial charge in [-0.1, -0.05) is 13.8 Å². The Morgan fingerprint density at radius 2 is 1.86 bits per heavy atom. The van der Waals surface area contributed by atoms with Crippen LogP contribution < -0.4 is 5.32 Å². The summed E-state index contributed by atoms with van der Waals surface area (Å²) in [5.41, 5.74) is -0.182. The molecule has 128 valence electrons. The molecule has 0 radical (unpaired) electrons. The molecule has 5 nitrogen and oxygen atoms in total. The van der Waals surface area contributed by atoms with Crippen molar-refractivity contribution in [3.63, 3.8) is 0 Å². The first-order valence-corrected chi connectivity index (χ1v) is 8.68. The Bertz CT molecular complexity index is 369. The average molecular weight is 310 g/mol. The molecule has 1 N–H and O–H groups in total. The van der Waals surface area contributed by atoms with E-state index in [2.05, 4.69) is 55.0 Å². The molecular formula is C17H34N4O. The standard InChI is InChI=1S/C17H34N4O/c1-14(2)10-18-16(22)17(6-8-20(5)9-7-17)13-21-11-15(12-21)19(3)4/h14-15H,6-13H2,1-5H3,(H,18,22). The van der Waals surface area contributed by atoms with Gasteiger partial charge in [0.25, 0.3) is 0 Å². The molecule has 0 unspecified atom stereocenters. The third-order valence-corrected chi connectivity index (χ3v) is 5.29. The second-order valence-electron chi connectivity index (χ2n) is 8.00. The van der Waals surface area contributed by atoms with Crippen molar-refractivity contribution in [2.45, 2.75) is 32.7 Å². The van der Waals surface area contributed by atoms with Crippen LogP contribution in [0.5, 0.6) is 0 Å². The maximum atomic E-state index is 12.9. The topological polar surface area (TPSA) is 38.8 Å². The number of carbonyl (C=O) groups excluding carboxylic acids is 1. The van der Waals surface area contributed by atoms with E-state index in [1.807, 2.05) is 0 Å². The number of amides is 1. The van der Waals surface area contributed by atoms with Crippen LogP contribution in [-0.4, -0.2) is 87.1 Å². The van der Waals surface area contributed by atoms with E-state index in [0.29, 0.717) is 12.0 Å². The van der Waals surface area contributed by atoms with E-state index in [-0.39, 0.29) is 11.3 Å². The summed E-state index contributed by atoms with van der Waals surface area (Å²) in [4.78, 5) is 19.9. The first-order valence-electron chi connectivity index (χ1n) is 8.68. The molecule has 0 saturated carbocycles. The molecular weight excluding hydrogens is 276 g/mol. The molecule has 2 fully saturated rings. The number of piperidine rings is 1. The Morgan fingerprint density at radius 3 is 2.36 bits per heavy atom. The first-order chi connectivity index (χ1) is 10.3. The number of hydrogen-bond acceptors (Lipinski definition) is 4. The second kappa shape index (κ2) is 7.28. The highest BCUT2D eigenvalue weighted by molar-refractivity contribution is 5.83. The van der Waals surface area contributed by atoms with Crippen LogP contribution in [0.2, 0.25) is 0 Å². The molecule has 2 heterocycles. The zero-order valence-electron chi connectivity index (χ0n) is 15.1. The predicted molar refractivity (Wildman–Crippen MR) is 90.9 cm³/mol. The molecule has 0 aromatic rings. The lowest BCUT2D eigenvalue weighted by Gasteiger charge is -2.49. The van der Waals surface area contributed by atoms with Gasteiger partial charge in [-0.15, -0.1) is 0 Å². The van der Waals surface area contributed by atoms with Gasteiger partial charge < -0.3 is 15.1 Å². The molecule has 2 aliphatic rings. The number of likely N-dealkylation sites (N-methyl/N-ethyl adjacent to an activating group) is 1. The summed E-state index contributed by atoms with van der Waals surface area (Å²) in [6.07, 6.45) is 1.97. The lowest BCUT2D eigenvalue weighted by Crippen LogP contribution is -2.62. The molecule has 2 rings (SSSR count). The molecule has 2 aliphatic heterocycles. The molecule has 0 spiro atoms. The van der Waals surface area contributed by atoms with Crippen molar-refractivity contribution in [1.29, 1.82) is 0 Å². The Morgan fingerprint density at radius 1 is 1.27 bits per heavy atom. The van der Waals surface area contributed by atoms with Crippen molar-refractivity contribution in [2.75, 3.05) is 60.4 Å². The van der Waals surface area contributed by atoms with Crippen LogP contribution in [0.4, 0.5) is 0 Å². The van der Waals surface area contributed by atoms with E-state index in [9.17, 15) is 4.79 Å². The molecule has 0 aromatic heterocycles. The van der Waals surface area contributed by atoms with Crippen LogP contribution in [0.25, 0.3) is 0 Å². The highest BCUT2D eigenvalue weighted by Crippen LogP contribution is 2.34. The second-order valence-corrected chi connectivity index (χ2v) is 8.00. The minimum atomic E-state index is -0.182. The van der Waals surface area contributed by atoms with Crippen molar-refractivity contribution < 1.29 is 4.79 Å². The van der Waals surface area contributed by atoms with Crippen molar-refractivity contribution in [3.05, 3.63) is 0 Å². The van der Waals surface area contributed by atoms with Crippen LogP contribution in [0, 0.1) is 11.3 Å². The highest BCUT2D eigenvalue weighted by atomic mass is 16.2. The van der Waals surface area contributed by atoms with E-state index in [4.69, 9.17) is 0 Å². The van der Waals surface area contributed by atoms with Crippen LogP contribution >= 0.6 is 0 Å². The molecule has 0 aliphatic carbocycles. The van der Waals surface area contributed by atoms with Crippen molar-refractivity contribution >= 4 is 5.91 Å². The molecule has 0 atom stereocenters. The summed E-state index contributed by atoms with van der Waals surface area (Å²) in [5.74, 6) is 0.789.